The molecule has 5 heteroatoms. The summed E-state index contributed by atoms with van der Waals surface area (Å²) in [6.45, 7) is 7.30. The number of fused-ring (bicyclic) bond motifs is 1. The van der Waals surface area contributed by atoms with E-state index in [1.807, 2.05) is 24.3 Å². The highest BCUT2D eigenvalue weighted by atomic mass is 16.5. The summed E-state index contributed by atoms with van der Waals surface area (Å²) in [4.78, 5) is 17.7. The molecular weight excluding hydrogens is 268 g/mol. The van der Waals surface area contributed by atoms with Crippen LogP contribution in [0.3, 0.4) is 0 Å². The lowest BCUT2D eigenvalue weighted by molar-refractivity contribution is 0.0691. The lowest BCUT2D eigenvalue weighted by Crippen LogP contribution is -2.28. The second-order valence-electron chi connectivity index (χ2n) is 4.70. The summed E-state index contributed by atoms with van der Waals surface area (Å²) < 4.78 is 5.78. The number of carboxylic acid groups (broad SMARTS) is 1. The Morgan fingerprint density at radius 2 is 2.00 bits per heavy atom. The van der Waals surface area contributed by atoms with Crippen LogP contribution in [-0.4, -0.2) is 47.2 Å². The van der Waals surface area contributed by atoms with Crippen LogP contribution in [0.4, 0.5) is 0 Å². The van der Waals surface area contributed by atoms with E-state index >= 15 is 0 Å². The average Bonchev–Trinajstić information content (AvgIpc) is 2.51. The van der Waals surface area contributed by atoms with Crippen LogP contribution in [0.5, 0.6) is 5.75 Å². The molecule has 1 N–H and O–H groups in total. The Labute approximate surface area is 124 Å². The van der Waals surface area contributed by atoms with Crippen LogP contribution in [0.25, 0.3) is 10.9 Å². The molecule has 2 aromatic rings. The number of aromatic carboxylic acids is 1. The molecule has 0 saturated heterocycles. The molecule has 1 heterocycles. The van der Waals surface area contributed by atoms with Crippen molar-refractivity contribution in [3.63, 3.8) is 0 Å². The van der Waals surface area contributed by atoms with E-state index in [0.717, 1.165) is 30.5 Å². The smallest absolute Gasteiger partial charge is 0.341 e. The van der Waals surface area contributed by atoms with Gasteiger partial charge >= 0.3 is 5.97 Å². The summed E-state index contributed by atoms with van der Waals surface area (Å²) >= 11 is 0. The van der Waals surface area contributed by atoms with E-state index in [2.05, 4.69) is 23.7 Å². The number of nitrogens with zero attached hydrogens (tertiary/aromatic N) is 2. The van der Waals surface area contributed by atoms with Gasteiger partial charge in [-0.05, 0) is 25.2 Å². The number of para-hydroxylation sites is 1. The Balaban J connectivity index is 2.27. The van der Waals surface area contributed by atoms with E-state index in [4.69, 9.17) is 4.74 Å². The van der Waals surface area contributed by atoms with E-state index < -0.39 is 5.97 Å². The second-order valence-corrected chi connectivity index (χ2v) is 4.70. The van der Waals surface area contributed by atoms with Gasteiger partial charge in [0.25, 0.3) is 0 Å². The molecule has 0 unspecified atom stereocenters. The SMILES string of the molecule is CCN(CC)CCOc1c(C(=O)O)cnc2ccccc12. The van der Waals surface area contributed by atoms with Crippen LogP contribution >= 0.6 is 0 Å². The lowest BCUT2D eigenvalue weighted by Gasteiger charge is -2.19. The predicted octanol–water partition coefficient (Wildman–Crippen LogP) is 2.65. The van der Waals surface area contributed by atoms with E-state index in [0.29, 0.717) is 12.4 Å². The van der Waals surface area contributed by atoms with Crippen molar-refractivity contribution in [2.45, 2.75) is 13.8 Å². The molecule has 0 aliphatic heterocycles. The summed E-state index contributed by atoms with van der Waals surface area (Å²) in [5, 5.41) is 10.0. The van der Waals surface area contributed by atoms with Crippen molar-refractivity contribution in [3.05, 3.63) is 36.0 Å². The minimum atomic E-state index is -1.02. The van der Waals surface area contributed by atoms with Crippen LogP contribution in [0.15, 0.2) is 30.5 Å². The molecule has 0 aliphatic carbocycles. The maximum Gasteiger partial charge on any atom is 0.341 e. The van der Waals surface area contributed by atoms with Gasteiger partial charge in [0, 0.05) is 18.1 Å². The molecule has 5 nitrogen and oxygen atoms in total. The van der Waals surface area contributed by atoms with Crippen LogP contribution in [-0.2, 0) is 0 Å². The normalized spacial score (nSPS) is 11.0. The van der Waals surface area contributed by atoms with Crippen LogP contribution in [0.2, 0.25) is 0 Å². The minimum absolute atomic E-state index is 0.105. The Hall–Kier alpha value is -2.14. The zero-order valence-corrected chi connectivity index (χ0v) is 12.4. The van der Waals surface area contributed by atoms with Crippen molar-refractivity contribution < 1.29 is 14.6 Å². The molecule has 0 amide bonds. The summed E-state index contributed by atoms with van der Waals surface area (Å²) in [5.41, 5.74) is 0.841. The summed E-state index contributed by atoms with van der Waals surface area (Å²) in [7, 11) is 0. The molecule has 1 aromatic carbocycles. The second kappa shape index (κ2) is 7.04. The average molecular weight is 288 g/mol. The van der Waals surface area contributed by atoms with Gasteiger partial charge in [0.15, 0.2) is 0 Å². The number of pyridine rings is 1. The van der Waals surface area contributed by atoms with Gasteiger partial charge < -0.3 is 14.7 Å². The third kappa shape index (κ3) is 3.49. The standard InChI is InChI=1S/C16H20N2O3/c1-3-18(4-2)9-10-21-15-12-7-5-6-8-14(12)17-11-13(15)16(19)20/h5-8,11H,3-4,9-10H2,1-2H3,(H,19,20). The van der Waals surface area contributed by atoms with Gasteiger partial charge in [-0.25, -0.2) is 4.79 Å². The number of likely N-dealkylation sites (N-methyl/N-ethyl adjacent to an activating group) is 1. The summed E-state index contributed by atoms with van der Waals surface area (Å²) in [6.07, 6.45) is 1.36. The first-order chi connectivity index (χ1) is 10.2. The molecule has 0 atom stereocenters. The van der Waals surface area contributed by atoms with Crippen molar-refractivity contribution in [1.82, 2.24) is 9.88 Å². The number of rotatable bonds is 7. The molecule has 0 spiro atoms. The largest absolute Gasteiger partial charge is 0.491 e. The first-order valence-corrected chi connectivity index (χ1v) is 7.13. The minimum Gasteiger partial charge on any atom is -0.491 e. The van der Waals surface area contributed by atoms with E-state index in [1.54, 1.807) is 0 Å². The maximum absolute atomic E-state index is 11.3. The molecule has 0 aliphatic rings. The summed E-state index contributed by atoms with van der Waals surface area (Å²) in [6, 6.07) is 7.40. The number of benzene rings is 1. The Morgan fingerprint density at radius 1 is 1.29 bits per heavy atom. The fourth-order valence-corrected chi connectivity index (χ4v) is 2.24. The Morgan fingerprint density at radius 3 is 2.67 bits per heavy atom. The monoisotopic (exact) mass is 288 g/mol. The highest BCUT2D eigenvalue weighted by molar-refractivity contribution is 5.98. The summed E-state index contributed by atoms with van der Waals surface area (Å²) in [5.74, 6) is -0.619. The number of ether oxygens (including phenoxy) is 1. The van der Waals surface area contributed by atoms with Crippen molar-refractivity contribution in [2.75, 3.05) is 26.2 Å². The zero-order valence-electron chi connectivity index (χ0n) is 12.4. The van der Waals surface area contributed by atoms with Crippen molar-refractivity contribution in [1.29, 1.82) is 0 Å². The number of hydrogen-bond donors (Lipinski definition) is 1. The first kappa shape index (κ1) is 15.3. The van der Waals surface area contributed by atoms with E-state index in [-0.39, 0.29) is 5.56 Å². The number of aromatic nitrogens is 1. The molecule has 2 rings (SSSR count). The maximum atomic E-state index is 11.3. The predicted molar refractivity (Wildman–Crippen MR) is 82.0 cm³/mol. The Bertz CT molecular complexity index is 624. The third-order valence-corrected chi connectivity index (χ3v) is 3.50. The topological polar surface area (TPSA) is 62.7 Å². The van der Waals surface area contributed by atoms with Crippen molar-refractivity contribution in [3.8, 4) is 5.75 Å². The number of carboxylic acids is 1. The van der Waals surface area contributed by atoms with Gasteiger partial charge in [0.2, 0.25) is 0 Å². The molecule has 1 aromatic heterocycles. The van der Waals surface area contributed by atoms with E-state index in [9.17, 15) is 9.90 Å². The van der Waals surface area contributed by atoms with Gasteiger partial charge in [0.05, 0.1) is 5.52 Å². The fourth-order valence-electron chi connectivity index (χ4n) is 2.24. The van der Waals surface area contributed by atoms with Crippen molar-refractivity contribution in [2.24, 2.45) is 0 Å². The van der Waals surface area contributed by atoms with Crippen LogP contribution in [0, 0.1) is 0 Å². The quantitative estimate of drug-likeness (QED) is 0.848. The first-order valence-electron chi connectivity index (χ1n) is 7.13. The number of carbonyl (C=O) groups is 1. The molecule has 0 fully saturated rings. The Kier molecular flexibility index (Phi) is 5.11. The molecule has 0 bridgehead atoms. The molecule has 0 radical (unpaired) electrons. The highest BCUT2D eigenvalue weighted by Gasteiger charge is 2.16. The van der Waals surface area contributed by atoms with Gasteiger partial charge in [-0.15, -0.1) is 0 Å². The van der Waals surface area contributed by atoms with E-state index in [1.165, 1.54) is 6.20 Å². The lowest BCUT2D eigenvalue weighted by atomic mass is 10.1. The van der Waals surface area contributed by atoms with Gasteiger partial charge in [-0.3, -0.25) is 4.98 Å². The molecule has 0 saturated carbocycles. The van der Waals surface area contributed by atoms with Gasteiger partial charge in [-0.2, -0.15) is 0 Å². The van der Waals surface area contributed by atoms with Crippen LogP contribution < -0.4 is 4.74 Å². The fraction of sp³-hybridized carbons (Fsp3) is 0.375. The van der Waals surface area contributed by atoms with Crippen LogP contribution in [0.1, 0.15) is 24.2 Å². The van der Waals surface area contributed by atoms with Gasteiger partial charge in [0.1, 0.15) is 17.9 Å². The molecule has 112 valence electrons. The zero-order chi connectivity index (χ0) is 15.2. The van der Waals surface area contributed by atoms with Crippen molar-refractivity contribution >= 4 is 16.9 Å². The van der Waals surface area contributed by atoms with Gasteiger partial charge in [-0.1, -0.05) is 26.0 Å². The number of hydrogen-bond acceptors (Lipinski definition) is 4. The molecular formula is C16H20N2O3. The highest BCUT2D eigenvalue weighted by Crippen LogP contribution is 2.28. The third-order valence-electron chi connectivity index (χ3n) is 3.50. The molecule has 21 heavy (non-hydrogen) atoms.